The van der Waals surface area contributed by atoms with Crippen molar-refractivity contribution in [1.82, 2.24) is 9.55 Å². The smallest absolute Gasteiger partial charge is 0.180 e. The first-order valence-electron chi connectivity index (χ1n) is 5.96. The molecule has 0 atom stereocenters. The van der Waals surface area contributed by atoms with E-state index in [1.165, 1.54) is 7.11 Å². The normalized spacial score (nSPS) is 10.3. The van der Waals surface area contributed by atoms with Crippen LogP contribution in [0, 0.1) is 0 Å². The summed E-state index contributed by atoms with van der Waals surface area (Å²) in [6.07, 6.45) is 3.40. The van der Waals surface area contributed by atoms with Crippen LogP contribution in [0.25, 0.3) is 11.3 Å². The first kappa shape index (κ1) is 14.3. The van der Waals surface area contributed by atoms with E-state index in [4.69, 9.17) is 26.8 Å². The summed E-state index contributed by atoms with van der Waals surface area (Å²) in [5.41, 5.74) is 7.38. The molecular weight excluding hydrogens is 278 g/mol. The first-order chi connectivity index (χ1) is 9.63. The molecule has 1 heterocycles. The molecule has 20 heavy (non-hydrogen) atoms. The number of anilines is 1. The minimum absolute atomic E-state index is 0.419. The number of methoxy groups -OCH3 is 2. The molecule has 0 saturated carbocycles. The van der Waals surface area contributed by atoms with Gasteiger partial charge in [0.25, 0.3) is 0 Å². The van der Waals surface area contributed by atoms with Gasteiger partial charge in [0.05, 0.1) is 25.6 Å². The van der Waals surface area contributed by atoms with E-state index in [0.29, 0.717) is 40.1 Å². The summed E-state index contributed by atoms with van der Waals surface area (Å²) in [5, 5.41) is 0.419. The van der Waals surface area contributed by atoms with Gasteiger partial charge in [0.1, 0.15) is 11.5 Å². The predicted molar refractivity (Wildman–Crippen MR) is 80.4 cm³/mol. The van der Waals surface area contributed by atoms with Crippen LogP contribution in [0.3, 0.4) is 0 Å². The summed E-state index contributed by atoms with van der Waals surface area (Å²) in [6.45, 7) is 4.27. The number of rotatable bonds is 5. The second kappa shape index (κ2) is 5.88. The van der Waals surface area contributed by atoms with Crippen molar-refractivity contribution < 1.29 is 9.47 Å². The molecule has 0 aliphatic rings. The molecule has 106 valence electrons. The number of halogens is 1. The molecule has 0 amide bonds. The van der Waals surface area contributed by atoms with E-state index in [2.05, 4.69) is 11.6 Å². The van der Waals surface area contributed by atoms with Gasteiger partial charge in [-0.15, -0.1) is 6.58 Å². The summed E-state index contributed by atoms with van der Waals surface area (Å²) >= 11 is 6.36. The van der Waals surface area contributed by atoms with E-state index < -0.39 is 0 Å². The highest BCUT2D eigenvalue weighted by Crippen LogP contribution is 2.42. The standard InChI is InChI=1S/C14H16ClN3O2/c1-4-7-18-8-17-12(14(18)16)9-5-6-10(19-2)13(20-3)11(9)15/h4-6,8H,1,7,16H2,2-3H3. The van der Waals surface area contributed by atoms with Crippen LogP contribution < -0.4 is 15.2 Å². The van der Waals surface area contributed by atoms with Crippen LogP contribution in [0.1, 0.15) is 0 Å². The lowest BCUT2D eigenvalue weighted by Gasteiger charge is -2.12. The van der Waals surface area contributed by atoms with Gasteiger partial charge in [-0.25, -0.2) is 4.98 Å². The molecule has 2 N–H and O–H groups in total. The highest BCUT2D eigenvalue weighted by Gasteiger charge is 2.18. The van der Waals surface area contributed by atoms with Crippen LogP contribution in [0.4, 0.5) is 5.82 Å². The van der Waals surface area contributed by atoms with Crippen LogP contribution in [0.2, 0.25) is 5.02 Å². The zero-order valence-corrected chi connectivity index (χ0v) is 12.1. The summed E-state index contributed by atoms with van der Waals surface area (Å²) in [4.78, 5) is 4.31. The molecule has 5 nitrogen and oxygen atoms in total. The lowest BCUT2D eigenvalue weighted by molar-refractivity contribution is 0.355. The Kier molecular flexibility index (Phi) is 4.20. The minimum atomic E-state index is 0.419. The number of benzene rings is 1. The molecule has 0 saturated heterocycles. The molecule has 0 bridgehead atoms. The Morgan fingerprint density at radius 3 is 2.75 bits per heavy atom. The van der Waals surface area contributed by atoms with Gasteiger partial charge in [0.2, 0.25) is 0 Å². The highest BCUT2D eigenvalue weighted by molar-refractivity contribution is 6.35. The Balaban J connectivity index is 2.56. The zero-order valence-electron chi connectivity index (χ0n) is 11.4. The quantitative estimate of drug-likeness (QED) is 0.861. The predicted octanol–water partition coefficient (Wildman–Crippen LogP) is 2.99. The van der Waals surface area contributed by atoms with Gasteiger partial charge in [-0.05, 0) is 12.1 Å². The summed E-state index contributed by atoms with van der Waals surface area (Å²) in [5.74, 6) is 1.55. The Morgan fingerprint density at radius 2 is 2.15 bits per heavy atom. The molecule has 1 aromatic heterocycles. The van der Waals surface area contributed by atoms with E-state index in [1.54, 1.807) is 36.2 Å². The lowest BCUT2D eigenvalue weighted by atomic mass is 10.1. The van der Waals surface area contributed by atoms with Gasteiger partial charge in [-0.1, -0.05) is 17.7 Å². The second-order valence-corrected chi connectivity index (χ2v) is 4.46. The number of hydrogen-bond acceptors (Lipinski definition) is 4. The summed E-state index contributed by atoms with van der Waals surface area (Å²) in [7, 11) is 3.09. The maximum Gasteiger partial charge on any atom is 0.180 e. The number of allylic oxidation sites excluding steroid dienone is 1. The Hall–Kier alpha value is -2.14. The molecular formula is C14H16ClN3O2. The van der Waals surface area contributed by atoms with Crippen molar-refractivity contribution in [2.45, 2.75) is 6.54 Å². The van der Waals surface area contributed by atoms with E-state index in [9.17, 15) is 0 Å². The average Bonchev–Trinajstić information content (AvgIpc) is 2.80. The van der Waals surface area contributed by atoms with Crippen LogP contribution in [-0.4, -0.2) is 23.8 Å². The zero-order chi connectivity index (χ0) is 14.7. The van der Waals surface area contributed by atoms with Crippen LogP contribution in [-0.2, 0) is 6.54 Å². The van der Waals surface area contributed by atoms with Crippen LogP contribution in [0.15, 0.2) is 31.1 Å². The molecule has 0 aliphatic carbocycles. The fraction of sp³-hybridized carbons (Fsp3) is 0.214. The van der Waals surface area contributed by atoms with Gasteiger partial charge < -0.3 is 19.8 Å². The molecule has 1 aromatic carbocycles. The van der Waals surface area contributed by atoms with E-state index >= 15 is 0 Å². The second-order valence-electron chi connectivity index (χ2n) is 4.08. The van der Waals surface area contributed by atoms with E-state index in [1.807, 2.05) is 0 Å². The van der Waals surface area contributed by atoms with Crippen molar-refractivity contribution in [2.24, 2.45) is 0 Å². The largest absolute Gasteiger partial charge is 0.493 e. The van der Waals surface area contributed by atoms with Gasteiger partial charge in [-0.2, -0.15) is 0 Å². The summed E-state index contributed by atoms with van der Waals surface area (Å²) < 4.78 is 12.3. The average molecular weight is 294 g/mol. The van der Waals surface area contributed by atoms with Crippen LogP contribution in [0.5, 0.6) is 11.5 Å². The number of aromatic nitrogens is 2. The Labute approximate surface area is 122 Å². The molecule has 0 radical (unpaired) electrons. The third-order valence-corrected chi connectivity index (χ3v) is 3.32. The topological polar surface area (TPSA) is 62.3 Å². The number of nitrogens with zero attached hydrogens (tertiary/aromatic N) is 2. The molecule has 0 spiro atoms. The van der Waals surface area contributed by atoms with Crippen molar-refractivity contribution in [1.29, 1.82) is 0 Å². The number of imidazole rings is 1. The van der Waals surface area contributed by atoms with E-state index in [-0.39, 0.29) is 0 Å². The number of hydrogen-bond donors (Lipinski definition) is 1. The molecule has 0 aliphatic heterocycles. The monoisotopic (exact) mass is 293 g/mol. The van der Waals surface area contributed by atoms with Crippen molar-refractivity contribution in [3.05, 3.63) is 36.1 Å². The first-order valence-corrected chi connectivity index (χ1v) is 6.34. The molecule has 0 unspecified atom stereocenters. The highest BCUT2D eigenvalue weighted by atomic mass is 35.5. The minimum Gasteiger partial charge on any atom is -0.493 e. The van der Waals surface area contributed by atoms with Gasteiger partial charge in [0.15, 0.2) is 11.5 Å². The fourth-order valence-electron chi connectivity index (χ4n) is 1.96. The SMILES string of the molecule is C=CCn1cnc(-c2ccc(OC)c(OC)c2Cl)c1N. The van der Waals surface area contributed by atoms with Crippen molar-refractivity contribution in [3.63, 3.8) is 0 Å². The lowest BCUT2D eigenvalue weighted by Crippen LogP contribution is -2.00. The van der Waals surface area contributed by atoms with Gasteiger partial charge in [0, 0.05) is 12.1 Å². The number of nitrogens with two attached hydrogens (primary N) is 1. The fourth-order valence-corrected chi connectivity index (χ4v) is 2.28. The third-order valence-electron chi connectivity index (χ3n) is 2.94. The number of ether oxygens (including phenoxy) is 2. The summed E-state index contributed by atoms with van der Waals surface area (Å²) in [6, 6.07) is 3.58. The van der Waals surface area contributed by atoms with E-state index in [0.717, 1.165) is 0 Å². The Bertz CT molecular complexity index is 638. The van der Waals surface area contributed by atoms with Gasteiger partial charge >= 0.3 is 0 Å². The maximum absolute atomic E-state index is 6.36. The maximum atomic E-state index is 6.36. The van der Waals surface area contributed by atoms with Gasteiger partial charge in [-0.3, -0.25) is 0 Å². The third kappa shape index (κ3) is 2.32. The molecule has 6 heteroatoms. The van der Waals surface area contributed by atoms with Crippen molar-refractivity contribution in [3.8, 4) is 22.8 Å². The molecule has 2 aromatic rings. The molecule has 0 fully saturated rings. The number of nitrogen functional groups attached to an aromatic ring is 1. The van der Waals surface area contributed by atoms with Crippen molar-refractivity contribution >= 4 is 17.4 Å². The van der Waals surface area contributed by atoms with Crippen molar-refractivity contribution in [2.75, 3.05) is 20.0 Å². The Morgan fingerprint density at radius 1 is 1.40 bits per heavy atom. The molecule has 2 rings (SSSR count). The van der Waals surface area contributed by atoms with Crippen LogP contribution >= 0.6 is 11.6 Å².